The van der Waals surface area contributed by atoms with Gasteiger partial charge in [-0.25, -0.2) is 0 Å². The molecule has 2 aromatic carbocycles. The lowest BCUT2D eigenvalue weighted by molar-refractivity contribution is -0.145. The molecule has 0 saturated carbocycles. The number of rotatable bonds is 7. The Hall–Kier alpha value is -1.65. The van der Waals surface area contributed by atoms with Crippen molar-refractivity contribution in [2.45, 2.75) is 43.1 Å². The van der Waals surface area contributed by atoms with Gasteiger partial charge in [0.05, 0.1) is 0 Å². The zero-order valence-corrected chi connectivity index (χ0v) is 15.8. The Morgan fingerprint density at radius 2 is 1.38 bits per heavy atom. The van der Waals surface area contributed by atoms with Crippen LogP contribution in [-0.2, 0) is 9.53 Å². The SMILES string of the molecule is CC(=O)O[C@@H](C)CC(C)=C(Sc1ccccc1)Sc1ccccc1. The number of hydrogen-bond acceptors (Lipinski definition) is 4. The highest BCUT2D eigenvalue weighted by atomic mass is 32.2. The van der Waals surface area contributed by atoms with E-state index in [1.165, 1.54) is 26.5 Å². The molecule has 126 valence electrons. The van der Waals surface area contributed by atoms with E-state index in [2.05, 4.69) is 31.2 Å². The average molecular weight is 359 g/mol. The molecule has 1 atom stereocenters. The van der Waals surface area contributed by atoms with Gasteiger partial charge in [0, 0.05) is 27.4 Å². The summed E-state index contributed by atoms with van der Waals surface area (Å²) < 4.78 is 6.51. The largest absolute Gasteiger partial charge is 0.463 e. The maximum Gasteiger partial charge on any atom is 0.302 e. The number of esters is 1. The number of benzene rings is 2. The predicted octanol–water partition coefficient (Wildman–Crippen LogP) is 6.14. The summed E-state index contributed by atoms with van der Waals surface area (Å²) in [7, 11) is 0. The minimum Gasteiger partial charge on any atom is -0.463 e. The van der Waals surface area contributed by atoms with E-state index in [9.17, 15) is 4.79 Å². The van der Waals surface area contributed by atoms with Crippen LogP contribution in [0.4, 0.5) is 0 Å². The van der Waals surface area contributed by atoms with Gasteiger partial charge in [0.15, 0.2) is 0 Å². The third kappa shape index (κ3) is 6.46. The maximum atomic E-state index is 11.1. The molecule has 0 radical (unpaired) electrons. The van der Waals surface area contributed by atoms with Gasteiger partial charge < -0.3 is 4.74 Å². The van der Waals surface area contributed by atoms with E-state index in [-0.39, 0.29) is 12.1 Å². The first kappa shape index (κ1) is 18.7. The first-order valence-electron chi connectivity index (χ1n) is 7.87. The van der Waals surface area contributed by atoms with Crippen molar-refractivity contribution in [2.75, 3.05) is 0 Å². The molecular formula is C20H22O2S2. The summed E-state index contributed by atoms with van der Waals surface area (Å²) in [4.78, 5) is 13.5. The van der Waals surface area contributed by atoms with Crippen LogP contribution in [0.15, 0.2) is 80.3 Å². The summed E-state index contributed by atoms with van der Waals surface area (Å²) in [5.74, 6) is -0.233. The summed E-state index contributed by atoms with van der Waals surface area (Å²) in [6.45, 7) is 5.50. The molecule has 0 aliphatic carbocycles. The second-order valence-corrected chi connectivity index (χ2v) is 7.95. The molecule has 4 heteroatoms. The summed E-state index contributed by atoms with van der Waals surface area (Å²) in [5, 5.41) is 0. The van der Waals surface area contributed by atoms with Gasteiger partial charge in [0.1, 0.15) is 6.10 Å². The van der Waals surface area contributed by atoms with Gasteiger partial charge in [-0.05, 0) is 43.7 Å². The second kappa shape index (κ2) is 9.60. The Bertz CT molecular complexity index is 638. The van der Waals surface area contributed by atoms with Gasteiger partial charge in [-0.2, -0.15) is 0 Å². The summed E-state index contributed by atoms with van der Waals surface area (Å²) in [6, 6.07) is 20.7. The summed E-state index contributed by atoms with van der Waals surface area (Å²) in [6.07, 6.45) is 0.611. The normalized spacial score (nSPS) is 11.6. The molecule has 0 aliphatic heterocycles. The Kier molecular flexibility index (Phi) is 7.47. The van der Waals surface area contributed by atoms with E-state index < -0.39 is 0 Å². The molecule has 0 aliphatic rings. The second-order valence-electron chi connectivity index (χ2n) is 5.52. The quantitative estimate of drug-likeness (QED) is 0.438. The molecule has 2 aromatic rings. The lowest BCUT2D eigenvalue weighted by Crippen LogP contribution is -2.12. The predicted molar refractivity (Wildman–Crippen MR) is 103 cm³/mol. The lowest BCUT2D eigenvalue weighted by atomic mass is 10.2. The molecule has 0 saturated heterocycles. The van der Waals surface area contributed by atoms with Crippen molar-refractivity contribution in [1.82, 2.24) is 0 Å². The molecule has 0 unspecified atom stereocenters. The van der Waals surface area contributed by atoms with Crippen LogP contribution in [-0.4, -0.2) is 12.1 Å². The van der Waals surface area contributed by atoms with Crippen molar-refractivity contribution in [3.8, 4) is 0 Å². The van der Waals surface area contributed by atoms with Gasteiger partial charge in [-0.15, -0.1) is 0 Å². The first-order valence-corrected chi connectivity index (χ1v) is 9.50. The Morgan fingerprint density at radius 1 is 0.917 bits per heavy atom. The number of hydrogen-bond donors (Lipinski definition) is 0. The highest BCUT2D eigenvalue weighted by Gasteiger charge is 2.12. The van der Waals surface area contributed by atoms with Crippen LogP contribution in [0.5, 0.6) is 0 Å². The molecule has 2 rings (SSSR count). The van der Waals surface area contributed by atoms with E-state index in [4.69, 9.17) is 4.74 Å². The maximum absolute atomic E-state index is 11.1. The minimum absolute atomic E-state index is 0.120. The van der Waals surface area contributed by atoms with Crippen molar-refractivity contribution in [1.29, 1.82) is 0 Å². The fourth-order valence-corrected chi connectivity index (χ4v) is 4.50. The van der Waals surface area contributed by atoms with Gasteiger partial charge >= 0.3 is 5.97 Å². The van der Waals surface area contributed by atoms with Crippen molar-refractivity contribution in [3.63, 3.8) is 0 Å². The lowest BCUT2D eigenvalue weighted by Gasteiger charge is -2.16. The monoisotopic (exact) mass is 358 g/mol. The van der Waals surface area contributed by atoms with Crippen molar-refractivity contribution in [3.05, 3.63) is 70.5 Å². The van der Waals surface area contributed by atoms with Crippen LogP contribution in [0.1, 0.15) is 27.2 Å². The van der Waals surface area contributed by atoms with Gasteiger partial charge in [-0.3, -0.25) is 4.79 Å². The standard InChI is InChI=1S/C20H22O2S2/c1-15(14-16(2)22-17(3)21)20(23-18-10-6-4-7-11-18)24-19-12-8-5-9-13-19/h4-13,16H,14H2,1-3H3/t16-/m0/s1. The van der Waals surface area contributed by atoms with Gasteiger partial charge in [-0.1, -0.05) is 59.9 Å². The zero-order valence-electron chi connectivity index (χ0n) is 14.2. The van der Waals surface area contributed by atoms with E-state index in [0.717, 1.165) is 6.42 Å². The third-order valence-electron chi connectivity index (χ3n) is 3.22. The molecule has 0 N–H and O–H groups in total. The van der Waals surface area contributed by atoms with Crippen LogP contribution >= 0.6 is 23.5 Å². The topological polar surface area (TPSA) is 26.3 Å². The number of ether oxygens (including phenoxy) is 1. The van der Waals surface area contributed by atoms with Crippen LogP contribution in [0.2, 0.25) is 0 Å². The molecule has 0 heterocycles. The number of thioether (sulfide) groups is 2. The van der Waals surface area contributed by atoms with Gasteiger partial charge in [0.2, 0.25) is 0 Å². The van der Waals surface area contributed by atoms with E-state index >= 15 is 0 Å². The average Bonchev–Trinajstić information content (AvgIpc) is 2.55. The van der Waals surface area contributed by atoms with E-state index in [1.807, 2.05) is 43.3 Å². The summed E-state index contributed by atoms with van der Waals surface area (Å²) >= 11 is 3.51. The number of carbonyl (C=O) groups excluding carboxylic acids is 1. The van der Waals surface area contributed by atoms with Crippen LogP contribution in [0.25, 0.3) is 0 Å². The highest BCUT2D eigenvalue weighted by molar-refractivity contribution is 8.22. The smallest absolute Gasteiger partial charge is 0.302 e. The van der Waals surface area contributed by atoms with Crippen LogP contribution in [0.3, 0.4) is 0 Å². The minimum atomic E-state index is -0.233. The third-order valence-corrected chi connectivity index (χ3v) is 5.80. The number of carbonyl (C=O) groups is 1. The molecule has 2 nitrogen and oxygen atoms in total. The molecule has 0 fully saturated rings. The molecule has 0 aromatic heterocycles. The Balaban J connectivity index is 2.20. The van der Waals surface area contributed by atoms with Crippen molar-refractivity contribution < 1.29 is 9.53 Å². The molecule has 0 spiro atoms. The van der Waals surface area contributed by atoms with Crippen molar-refractivity contribution in [2.24, 2.45) is 0 Å². The Morgan fingerprint density at radius 3 is 1.79 bits per heavy atom. The molecular weight excluding hydrogens is 336 g/mol. The van der Waals surface area contributed by atoms with Gasteiger partial charge in [0.25, 0.3) is 0 Å². The van der Waals surface area contributed by atoms with E-state index in [1.54, 1.807) is 23.5 Å². The van der Waals surface area contributed by atoms with E-state index in [0.29, 0.717) is 0 Å². The molecule has 24 heavy (non-hydrogen) atoms. The fraction of sp³-hybridized carbons (Fsp3) is 0.250. The highest BCUT2D eigenvalue weighted by Crippen LogP contribution is 2.42. The molecule has 0 amide bonds. The Labute approximate surface area is 152 Å². The summed E-state index contributed by atoms with van der Waals surface area (Å²) in [5.41, 5.74) is 1.23. The zero-order chi connectivity index (χ0) is 17.4. The van der Waals surface area contributed by atoms with Crippen LogP contribution in [0, 0.1) is 0 Å². The van der Waals surface area contributed by atoms with Crippen molar-refractivity contribution >= 4 is 29.5 Å². The fourth-order valence-electron chi connectivity index (χ4n) is 2.23. The first-order chi connectivity index (χ1) is 11.5. The molecule has 0 bridgehead atoms. The van der Waals surface area contributed by atoms with Crippen LogP contribution < -0.4 is 0 Å².